The van der Waals surface area contributed by atoms with Crippen LogP contribution < -0.4 is 5.32 Å². The van der Waals surface area contributed by atoms with Crippen molar-refractivity contribution in [1.82, 2.24) is 19.5 Å². The van der Waals surface area contributed by atoms with Gasteiger partial charge in [-0.25, -0.2) is 28.1 Å². The summed E-state index contributed by atoms with van der Waals surface area (Å²) in [6.07, 6.45) is -2.14. The quantitative estimate of drug-likeness (QED) is 0.447. The number of ether oxygens (including phenoxy) is 1. The van der Waals surface area contributed by atoms with Crippen molar-refractivity contribution in [3.63, 3.8) is 0 Å². The summed E-state index contributed by atoms with van der Waals surface area (Å²) in [6.45, 7) is -0.682. The second-order valence-electron chi connectivity index (χ2n) is 6.46. The predicted molar refractivity (Wildman–Crippen MR) is 92.0 cm³/mol. The summed E-state index contributed by atoms with van der Waals surface area (Å²) in [4.78, 5) is 12.3. The molecule has 154 valence electrons. The molecule has 4 atom stereocenters. The lowest BCUT2D eigenvalue weighted by atomic mass is 10.1. The Bertz CT molecular complexity index is 1050. The molecule has 0 bridgehead atoms. The normalized spacial score (nSPS) is 24.3. The van der Waals surface area contributed by atoms with Crippen LogP contribution in [0.4, 0.5) is 19.0 Å². The molecule has 1 aromatic carbocycles. The largest absolute Gasteiger partial charge is 0.394 e. The van der Waals surface area contributed by atoms with Gasteiger partial charge in [0.1, 0.15) is 24.6 Å². The smallest absolute Gasteiger partial charge is 0.194 e. The first-order chi connectivity index (χ1) is 13.9. The third kappa shape index (κ3) is 3.29. The minimum atomic E-state index is -1.56. The summed E-state index contributed by atoms with van der Waals surface area (Å²) in [5.41, 5.74) is 0.370. The maximum atomic E-state index is 13.8. The summed E-state index contributed by atoms with van der Waals surface area (Å²) >= 11 is 0. The lowest BCUT2D eigenvalue weighted by Gasteiger charge is -2.16. The van der Waals surface area contributed by atoms with Gasteiger partial charge in [0, 0.05) is 12.1 Å². The highest BCUT2D eigenvalue weighted by Gasteiger charge is 2.44. The van der Waals surface area contributed by atoms with E-state index in [1.807, 2.05) is 0 Å². The van der Waals surface area contributed by atoms with Crippen molar-refractivity contribution in [2.45, 2.75) is 31.1 Å². The molecule has 0 unspecified atom stereocenters. The molecule has 1 aliphatic rings. The highest BCUT2D eigenvalue weighted by atomic mass is 19.2. The zero-order valence-corrected chi connectivity index (χ0v) is 14.7. The summed E-state index contributed by atoms with van der Waals surface area (Å²) in [5.74, 6) is -3.97. The first-order valence-corrected chi connectivity index (χ1v) is 8.58. The number of aliphatic hydroxyl groups excluding tert-OH is 3. The van der Waals surface area contributed by atoms with Crippen LogP contribution in [0.2, 0.25) is 0 Å². The van der Waals surface area contributed by atoms with E-state index in [1.165, 1.54) is 17.2 Å². The molecule has 4 rings (SSSR count). The Labute approximate surface area is 161 Å². The number of anilines is 1. The van der Waals surface area contributed by atoms with Crippen LogP contribution in [0.25, 0.3) is 11.2 Å². The van der Waals surface area contributed by atoms with Gasteiger partial charge in [0.2, 0.25) is 0 Å². The lowest BCUT2D eigenvalue weighted by Crippen LogP contribution is -2.33. The number of rotatable bonds is 5. The van der Waals surface area contributed by atoms with E-state index in [0.29, 0.717) is 0 Å². The van der Waals surface area contributed by atoms with Crippen molar-refractivity contribution < 1.29 is 33.2 Å². The molecule has 1 fully saturated rings. The molecule has 2 aromatic heterocycles. The van der Waals surface area contributed by atoms with Crippen molar-refractivity contribution in [2.75, 3.05) is 11.9 Å². The van der Waals surface area contributed by atoms with Gasteiger partial charge in [0.15, 0.2) is 40.7 Å². The molecule has 0 amide bonds. The van der Waals surface area contributed by atoms with Gasteiger partial charge in [-0.15, -0.1) is 0 Å². The van der Waals surface area contributed by atoms with E-state index in [-0.39, 0.29) is 29.1 Å². The maximum Gasteiger partial charge on any atom is 0.194 e. The van der Waals surface area contributed by atoms with Gasteiger partial charge in [-0.2, -0.15) is 0 Å². The molecule has 0 radical (unpaired) electrons. The fourth-order valence-electron chi connectivity index (χ4n) is 3.16. The van der Waals surface area contributed by atoms with Crippen LogP contribution in [-0.2, 0) is 11.3 Å². The first kappa shape index (κ1) is 19.5. The van der Waals surface area contributed by atoms with E-state index in [1.54, 1.807) is 0 Å². The minimum absolute atomic E-state index is 0.112. The molecule has 0 aliphatic carbocycles. The Morgan fingerprint density at radius 2 is 1.86 bits per heavy atom. The lowest BCUT2D eigenvalue weighted by molar-refractivity contribution is -0.0511. The summed E-state index contributed by atoms with van der Waals surface area (Å²) in [6, 6.07) is 1.93. The minimum Gasteiger partial charge on any atom is -0.394 e. The number of aliphatic hydroxyl groups is 3. The van der Waals surface area contributed by atoms with E-state index < -0.39 is 48.6 Å². The van der Waals surface area contributed by atoms with E-state index in [9.17, 15) is 28.5 Å². The Balaban J connectivity index is 1.61. The molecule has 3 heterocycles. The number of fused-ring (bicyclic) bond motifs is 1. The number of benzene rings is 1. The van der Waals surface area contributed by atoms with Gasteiger partial charge >= 0.3 is 0 Å². The summed E-state index contributed by atoms with van der Waals surface area (Å²) in [7, 11) is 0. The molecule has 4 N–H and O–H groups in total. The molecule has 1 aliphatic heterocycles. The third-order valence-electron chi connectivity index (χ3n) is 4.71. The SMILES string of the molecule is OC[C@H]1O[C@@H](n2cnc3c(NCc4ccc(F)c(F)c4F)ncnc32)[C@H](O)[C@@H]1O. The van der Waals surface area contributed by atoms with Crippen molar-refractivity contribution in [2.24, 2.45) is 0 Å². The highest BCUT2D eigenvalue weighted by Crippen LogP contribution is 2.32. The molecule has 29 heavy (non-hydrogen) atoms. The second kappa shape index (κ2) is 7.55. The van der Waals surface area contributed by atoms with Crippen LogP contribution in [-0.4, -0.2) is 59.8 Å². The molecule has 9 nitrogen and oxygen atoms in total. The van der Waals surface area contributed by atoms with Crippen molar-refractivity contribution in [3.8, 4) is 0 Å². The van der Waals surface area contributed by atoms with Crippen molar-refractivity contribution in [1.29, 1.82) is 0 Å². The molecule has 0 saturated carbocycles. The van der Waals surface area contributed by atoms with Crippen LogP contribution >= 0.6 is 0 Å². The Morgan fingerprint density at radius 3 is 2.59 bits per heavy atom. The van der Waals surface area contributed by atoms with Crippen LogP contribution in [0, 0.1) is 17.5 Å². The topological polar surface area (TPSA) is 126 Å². The number of halogens is 3. The van der Waals surface area contributed by atoms with Crippen molar-refractivity contribution in [3.05, 3.63) is 47.8 Å². The summed E-state index contributed by atoms with van der Waals surface area (Å²) in [5, 5.41) is 32.1. The number of hydrogen-bond acceptors (Lipinski definition) is 8. The van der Waals surface area contributed by atoms with E-state index >= 15 is 0 Å². The Kier molecular flexibility index (Phi) is 5.08. The standard InChI is InChI=1S/C17H16F3N5O4/c18-8-2-1-7(10(19)11(8)20)3-21-15-12-16(23-5-22-15)25(6-24-12)17-14(28)13(27)9(4-26)29-17/h1-2,5-6,9,13-14,17,26-28H,3-4H2,(H,21,22,23)/t9-,13-,14-,17-/m1/s1. The van der Waals surface area contributed by atoms with Crippen molar-refractivity contribution >= 4 is 17.0 Å². The number of imidazole rings is 1. The number of aromatic nitrogens is 4. The average molecular weight is 411 g/mol. The molecule has 1 saturated heterocycles. The molecule has 0 spiro atoms. The average Bonchev–Trinajstić information content (AvgIpc) is 3.27. The Morgan fingerprint density at radius 1 is 1.07 bits per heavy atom. The van der Waals surface area contributed by atoms with Crippen LogP contribution in [0.3, 0.4) is 0 Å². The molecule has 3 aromatic rings. The van der Waals surface area contributed by atoms with E-state index in [4.69, 9.17) is 4.74 Å². The fraction of sp³-hybridized carbons (Fsp3) is 0.353. The van der Waals surface area contributed by atoms with E-state index in [2.05, 4.69) is 20.3 Å². The van der Waals surface area contributed by atoms with Crippen LogP contribution in [0.5, 0.6) is 0 Å². The fourth-order valence-corrected chi connectivity index (χ4v) is 3.16. The zero-order valence-electron chi connectivity index (χ0n) is 14.7. The number of hydrogen-bond donors (Lipinski definition) is 4. The predicted octanol–water partition coefficient (Wildman–Crippen LogP) is 0.467. The first-order valence-electron chi connectivity index (χ1n) is 8.58. The van der Waals surface area contributed by atoms with Gasteiger partial charge < -0.3 is 25.4 Å². The highest BCUT2D eigenvalue weighted by molar-refractivity contribution is 5.82. The molecule has 12 heteroatoms. The van der Waals surface area contributed by atoms with Crippen LogP contribution in [0.15, 0.2) is 24.8 Å². The van der Waals surface area contributed by atoms with Gasteiger partial charge in [0.25, 0.3) is 0 Å². The van der Waals surface area contributed by atoms with Gasteiger partial charge in [-0.3, -0.25) is 4.57 Å². The molecular formula is C17H16F3N5O4. The van der Waals surface area contributed by atoms with E-state index in [0.717, 1.165) is 12.1 Å². The number of nitrogens with one attached hydrogen (secondary N) is 1. The maximum absolute atomic E-state index is 13.8. The third-order valence-corrected chi connectivity index (χ3v) is 4.71. The summed E-state index contributed by atoms with van der Waals surface area (Å²) < 4.78 is 47.1. The van der Waals surface area contributed by atoms with Gasteiger partial charge in [-0.05, 0) is 6.07 Å². The molecular weight excluding hydrogens is 395 g/mol. The second-order valence-corrected chi connectivity index (χ2v) is 6.46. The van der Waals surface area contributed by atoms with Gasteiger partial charge in [0.05, 0.1) is 12.9 Å². The van der Waals surface area contributed by atoms with Gasteiger partial charge in [-0.1, -0.05) is 6.07 Å². The number of nitrogens with zero attached hydrogens (tertiary/aromatic N) is 4. The Hall–Kier alpha value is -2.80. The zero-order chi connectivity index (χ0) is 20.7. The van der Waals surface area contributed by atoms with Crippen LogP contribution in [0.1, 0.15) is 11.8 Å². The monoisotopic (exact) mass is 411 g/mol.